The van der Waals surface area contributed by atoms with Crippen molar-refractivity contribution in [2.75, 3.05) is 56.2 Å². The first-order valence-electron chi connectivity index (χ1n) is 16.9. The molecular formula is C35H49FN6O7. The van der Waals surface area contributed by atoms with E-state index in [9.17, 15) is 23.9 Å². The van der Waals surface area contributed by atoms with E-state index in [1.807, 2.05) is 13.8 Å². The van der Waals surface area contributed by atoms with Gasteiger partial charge in [-0.25, -0.2) is 14.0 Å². The number of fused-ring (bicyclic) bond motifs is 1. The molecule has 5 atom stereocenters. The van der Waals surface area contributed by atoms with Gasteiger partial charge in [-0.3, -0.25) is 19.9 Å². The van der Waals surface area contributed by atoms with Gasteiger partial charge in [-0.1, -0.05) is 12.1 Å². The molecule has 2 fully saturated rings. The number of rotatable bonds is 7. The van der Waals surface area contributed by atoms with Gasteiger partial charge in [0.05, 0.1) is 25.8 Å². The summed E-state index contributed by atoms with van der Waals surface area (Å²) in [6, 6.07) is 7.27. The Morgan fingerprint density at radius 2 is 1.67 bits per heavy atom. The summed E-state index contributed by atoms with van der Waals surface area (Å²) < 4.78 is 30.9. The number of nitrogens with zero attached hydrogens (tertiary/aromatic N) is 5. The van der Waals surface area contributed by atoms with Crippen LogP contribution in [0.1, 0.15) is 59.6 Å². The van der Waals surface area contributed by atoms with Crippen LogP contribution in [0, 0.1) is 5.82 Å². The topological polar surface area (TPSA) is 137 Å². The molecule has 0 aliphatic carbocycles. The van der Waals surface area contributed by atoms with E-state index in [4.69, 9.17) is 14.2 Å². The number of piperazine rings is 1. The predicted octanol–water partition coefficient (Wildman–Crippen LogP) is 4.43. The number of anilines is 2. The molecule has 2 saturated heterocycles. The number of carboxylic acid groups (broad SMARTS) is 1. The SMILES string of the molecule is C[C@@H]1CN(CC(=O)N2c3cc(Cc4ccc(F)cc4)c(NC(=O)OC(C)(C)C)nc3OC[C@@H]2C)C(CN2[C@H](C)COC[C@H]2C)CN1C(=O)O. The van der Waals surface area contributed by atoms with E-state index in [0.29, 0.717) is 37.6 Å². The number of pyridine rings is 1. The van der Waals surface area contributed by atoms with Crippen molar-refractivity contribution in [2.45, 2.75) is 90.7 Å². The van der Waals surface area contributed by atoms with Gasteiger partial charge in [0.15, 0.2) is 0 Å². The highest BCUT2D eigenvalue weighted by molar-refractivity contribution is 5.97. The van der Waals surface area contributed by atoms with E-state index >= 15 is 0 Å². The maximum Gasteiger partial charge on any atom is 0.413 e. The maximum atomic E-state index is 14.4. The number of hydrogen-bond acceptors (Lipinski definition) is 9. The Kier molecular flexibility index (Phi) is 11.0. The van der Waals surface area contributed by atoms with Gasteiger partial charge in [0.25, 0.3) is 0 Å². The van der Waals surface area contributed by atoms with Gasteiger partial charge in [0, 0.05) is 55.8 Å². The Labute approximate surface area is 287 Å². The lowest BCUT2D eigenvalue weighted by Gasteiger charge is -2.48. The van der Waals surface area contributed by atoms with Crippen LogP contribution in [0.25, 0.3) is 0 Å². The van der Waals surface area contributed by atoms with Crippen molar-refractivity contribution in [3.63, 3.8) is 0 Å². The number of amides is 3. The Morgan fingerprint density at radius 3 is 2.31 bits per heavy atom. The third kappa shape index (κ3) is 8.78. The zero-order valence-electron chi connectivity index (χ0n) is 29.4. The lowest BCUT2D eigenvalue weighted by Crippen LogP contribution is -2.65. The summed E-state index contributed by atoms with van der Waals surface area (Å²) in [4.78, 5) is 51.5. The number of aromatic nitrogens is 1. The lowest BCUT2D eigenvalue weighted by molar-refractivity contribution is -0.122. The number of benzene rings is 1. The molecule has 0 spiro atoms. The molecule has 13 nitrogen and oxygen atoms in total. The van der Waals surface area contributed by atoms with E-state index in [0.717, 1.165) is 5.56 Å². The maximum absolute atomic E-state index is 14.4. The monoisotopic (exact) mass is 684 g/mol. The first-order chi connectivity index (χ1) is 23.1. The molecule has 49 heavy (non-hydrogen) atoms. The number of carbonyl (C=O) groups excluding carboxylic acids is 2. The van der Waals surface area contributed by atoms with Crippen molar-refractivity contribution in [2.24, 2.45) is 0 Å². The molecule has 1 unspecified atom stereocenters. The molecule has 2 N–H and O–H groups in total. The molecule has 268 valence electrons. The quantitative estimate of drug-likeness (QED) is 0.431. The van der Waals surface area contributed by atoms with Crippen LogP contribution in [0.5, 0.6) is 5.88 Å². The molecule has 3 amide bonds. The van der Waals surface area contributed by atoms with Crippen molar-refractivity contribution in [1.82, 2.24) is 19.7 Å². The van der Waals surface area contributed by atoms with Gasteiger partial charge >= 0.3 is 12.2 Å². The van der Waals surface area contributed by atoms with Crippen LogP contribution < -0.4 is 15.0 Å². The molecule has 5 rings (SSSR count). The summed E-state index contributed by atoms with van der Waals surface area (Å²) in [5.41, 5.74) is 1.08. The van der Waals surface area contributed by atoms with Gasteiger partial charge < -0.3 is 29.1 Å². The second-order valence-corrected chi connectivity index (χ2v) is 14.5. The van der Waals surface area contributed by atoms with Crippen molar-refractivity contribution in [3.8, 4) is 5.88 Å². The van der Waals surface area contributed by atoms with Crippen LogP contribution in [0.3, 0.4) is 0 Å². The molecule has 4 heterocycles. The van der Waals surface area contributed by atoms with E-state index in [1.54, 1.807) is 43.9 Å². The average Bonchev–Trinajstić information content (AvgIpc) is 3.00. The van der Waals surface area contributed by atoms with Crippen molar-refractivity contribution in [1.29, 1.82) is 0 Å². The van der Waals surface area contributed by atoms with Crippen LogP contribution in [0.4, 0.5) is 25.5 Å². The minimum absolute atomic E-state index is 0.0601. The first kappa shape index (κ1) is 36.3. The fourth-order valence-electron chi connectivity index (χ4n) is 6.79. The number of ether oxygens (including phenoxy) is 3. The number of hydrogen-bond donors (Lipinski definition) is 2. The highest BCUT2D eigenvalue weighted by atomic mass is 19.1. The normalized spacial score (nSPS) is 24.9. The summed E-state index contributed by atoms with van der Waals surface area (Å²) in [6.45, 7) is 15.9. The fourth-order valence-corrected chi connectivity index (χ4v) is 6.79. The molecule has 1 aromatic carbocycles. The largest absolute Gasteiger partial charge is 0.474 e. The van der Waals surface area contributed by atoms with Crippen LogP contribution in [-0.4, -0.2) is 125 Å². The summed E-state index contributed by atoms with van der Waals surface area (Å²) in [5.74, 6) is -0.139. The highest BCUT2D eigenvalue weighted by Gasteiger charge is 2.40. The van der Waals surface area contributed by atoms with Crippen molar-refractivity contribution in [3.05, 3.63) is 47.3 Å². The minimum Gasteiger partial charge on any atom is -0.474 e. The van der Waals surface area contributed by atoms with E-state index in [-0.39, 0.29) is 79.7 Å². The van der Waals surface area contributed by atoms with Crippen LogP contribution in [0.2, 0.25) is 0 Å². The molecule has 0 bridgehead atoms. The Balaban J connectivity index is 1.45. The van der Waals surface area contributed by atoms with Crippen LogP contribution in [0.15, 0.2) is 30.3 Å². The molecular weight excluding hydrogens is 635 g/mol. The first-order valence-corrected chi connectivity index (χ1v) is 16.9. The van der Waals surface area contributed by atoms with Gasteiger partial charge in [0.2, 0.25) is 11.8 Å². The van der Waals surface area contributed by atoms with E-state index in [2.05, 4.69) is 33.9 Å². The number of morpholine rings is 1. The molecule has 2 aromatic rings. The number of nitrogens with one attached hydrogen (secondary N) is 1. The van der Waals surface area contributed by atoms with Crippen LogP contribution in [-0.2, 0) is 20.7 Å². The van der Waals surface area contributed by atoms with Crippen LogP contribution >= 0.6 is 0 Å². The lowest BCUT2D eigenvalue weighted by atomic mass is 10.0. The van der Waals surface area contributed by atoms with Gasteiger partial charge in [-0.15, -0.1) is 0 Å². The molecule has 14 heteroatoms. The second-order valence-electron chi connectivity index (χ2n) is 14.5. The third-order valence-electron chi connectivity index (χ3n) is 9.22. The van der Waals surface area contributed by atoms with E-state index in [1.165, 1.54) is 17.0 Å². The number of carbonyl (C=O) groups is 3. The average molecular weight is 685 g/mol. The summed E-state index contributed by atoms with van der Waals surface area (Å²) in [5, 5.41) is 12.7. The second kappa shape index (κ2) is 14.9. The predicted molar refractivity (Wildman–Crippen MR) is 182 cm³/mol. The third-order valence-corrected chi connectivity index (χ3v) is 9.22. The summed E-state index contributed by atoms with van der Waals surface area (Å²) >= 11 is 0. The van der Waals surface area contributed by atoms with Gasteiger partial charge in [-0.05, 0) is 72.2 Å². The zero-order chi connectivity index (χ0) is 35.6. The van der Waals surface area contributed by atoms with Gasteiger partial charge in [-0.2, -0.15) is 4.98 Å². The molecule has 1 aromatic heterocycles. The smallest absolute Gasteiger partial charge is 0.413 e. The number of halogens is 1. The molecule has 3 aliphatic heterocycles. The van der Waals surface area contributed by atoms with E-state index < -0.39 is 17.8 Å². The summed E-state index contributed by atoms with van der Waals surface area (Å²) in [7, 11) is 0. The molecule has 3 aliphatic rings. The Hall–Kier alpha value is -4.01. The summed E-state index contributed by atoms with van der Waals surface area (Å²) in [6.07, 6.45) is -1.38. The Bertz CT molecular complexity index is 1510. The molecule has 0 radical (unpaired) electrons. The standard InChI is InChI=1S/C35H49FN6O7/c1-21-14-39(28(16-41(21)34(45)46)15-40-22(2)18-47-19-23(40)3)17-30(43)42-24(4)20-48-32-29(42)13-26(12-25-8-10-27(36)11-9-25)31(37-32)38-33(44)49-35(5,6)7/h8-11,13,21-24,28H,12,14-20H2,1-7H3,(H,45,46)(H,37,38,44)/t21-,22-,23-,24+,28?/m1/s1. The minimum atomic E-state index is -0.974. The van der Waals surface area contributed by atoms with Gasteiger partial charge in [0.1, 0.15) is 29.5 Å². The van der Waals surface area contributed by atoms with Crippen molar-refractivity contribution >= 4 is 29.6 Å². The van der Waals surface area contributed by atoms with Crippen molar-refractivity contribution < 1.29 is 38.1 Å². The fraction of sp³-hybridized carbons (Fsp3) is 0.600. The molecule has 0 saturated carbocycles. The Morgan fingerprint density at radius 1 is 1.00 bits per heavy atom. The zero-order valence-corrected chi connectivity index (χ0v) is 29.4. The highest BCUT2D eigenvalue weighted by Crippen LogP contribution is 2.37.